The van der Waals surface area contributed by atoms with Crippen LogP contribution in [-0.4, -0.2) is 31.6 Å². The molecule has 0 unspecified atom stereocenters. The Morgan fingerprint density at radius 3 is 2.41 bits per heavy atom. The summed E-state index contributed by atoms with van der Waals surface area (Å²) in [6.07, 6.45) is 2.47. The fraction of sp³-hybridized carbons (Fsp3) is 0.417. The molecule has 0 aliphatic carbocycles. The molecule has 0 atom stereocenters. The van der Waals surface area contributed by atoms with E-state index in [0.717, 1.165) is 16.2 Å². The van der Waals surface area contributed by atoms with E-state index in [2.05, 4.69) is 0 Å². The summed E-state index contributed by atoms with van der Waals surface area (Å²) in [5.41, 5.74) is 0.851. The molecule has 0 aliphatic rings. The first-order valence-electron chi connectivity index (χ1n) is 5.13. The third kappa shape index (κ3) is 3.56. The second-order valence-electron chi connectivity index (χ2n) is 3.41. The molecule has 0 saturated carbocycles. The first-order valence-corrected chi connectivity index (χ1v) is 6.35. The minimum atomic E-state index is -0.819. The predicted octanol–water partition coefficient (Wildman–Crippen LogP) is 2.44. The van der Waals surface area contributed by atoms with Crippen LogP contribution in [0, 0.1) is 0 Å². The number of aliphatic carboxylic acids is 1. The SMILES string of the molecule is COc1cc(SC)c(OC)cc1CCC(=O)O. The quantitative estimate of drug-likeness (QED) is 0.792. The van der Waals surface area contributed by atoms with Crippen LogP contribution in [-0.2, 0) is 11.2 Å². The lowest BCUT2D eigenvalue weighted by molar-refractivity contribution is -0.136. The van der Waals surface area contributed by atoms with Crippen LogP contribution in [0.2, 0.25) is 0 Å². The van der Waals surface area contributed by atoms with Crippen molar-refractivity contribution in [2.75, 3.05) is 20.5 Å². The lowest BCUT2D eigenvalue weighted by atomic mass is 10.1. The third-order valence-corrected chi connectivity index (χ3v) is 3.15. The normalized spacial score (nSPS) is 10.1. The van der Waals surface area contributed by atoms with E-state index in [1.54, 1.807) is 26.0 Å². The molecule has 1 N–H and O–H groups in total. The van der Waals surface area contributed by atoms with Gasteiger partial charge in [0.15, 0.2) is 0 Å². The van der Waals surface area contributed by atoms with E-state index in [-0.39, 0.29) is 6.42 Å². The Morgan fingerprint density at radius 2 is 1.94 bits per heavy atom. The van der Waals surface area contributed by atoms with Crippen LogP contribution >= 0.6 is 11.8 Å². The Morgan fingerprint density at radius 1 is 1.29 bits per heavy atom. The molecule has 0 bridgehead atoms. The molecular formula is C12H16O4S. The van der Waals surface area contributed by atoms with Crippen LogP contribution in [0.3, 0.4) is 0 Å². The number of ether oxygens (including phenoxy) is 2. The van der Waals surface area contributed by atoms with Crippen LogP contribution in [0.5, 0.6) is 11.5 Å². The van der Waals surface area contributed by atoms with E-state index >= 15 is 0 Å². The standard InChI is InChI=1S/C12H16O4S/c1-15-9-7-11(17-3)10(16-2)6-8(9)4-5-12(13)14/h6-7H,4-5H2,1-3H3,(H,13,14). The van der Waals surface area contributed by atoms with Crippen molar-refractivity contribution >= 4 is 17.7 Å². The molecule has 0 saturated heterocycles. The van der Waals surface area contributed by atoms with Gasteiger partial charge in [-0.1, -0.05) is 0 Å². The van der Waals surface area contributed by atoms with Crippen molar-refractivity contribution in [3.05, 3.63) is 17.7 Å². The van der Waals surface area contributed by atoms with Gasteiger partial charge in [0.1, 0.15) is 11.5 Å². The van der Waals surface area contributed by atoms with Gasteiger partial charge in [0.05, 0.1) is 19.1 Å². The Kier molecular flexibility index (Phi) is 5.15. The maximum absolute atomic E-state index is 10.6. The van der Waals surface area contributed by atoms with Crippen molar-refractivity contribution in [1.29, 1.82) is 0 Å². The number of aryl methyl sites for hydroxylation is 1. The van der Waals surface area contributed by atoms with Crippen molar-refractivity contribution in [3.63, 3.8) is 0 Å². The third-order valence-electron chi connectivity index (χ3n) is 2.39. The number of carboxylic acid groups (broad SMARTS) is 1. The van der Waals surface area contributed by atoms with Crippen LogP contribution in [0.4, 0.5) is 0 Å². The van der Waals surface area contributed by atoms with E-state index in [0.29, 0.717) is 12.2 Å². The molecule has 94 valence electrons. The highest BCUT2D eigenvalue weighted by molar-refractivity contribution is 7.98. The number of hydrogen-bond donors (Lipinski definition) is 1. The minimum Gasteiger partial charge on any atom is -0.496 e. The monoisotopic (exact) mass is 256 g/mol. The van der Waals surface area contributed by atoms with Gasteiger partial charge in [0.25, 0.3) is 0 Å². The number of carboxylic acids is 1. The second-order valence-corrected chi connectivity index (χ2v) is 4.26. The van der Waals surface area contributed by atoms with Gasteiger partial charge in [0, 0.05) is 6.42 Å². The van der Waals surface area contributed by atoms with E-state index in [9.17, 15) is 4.79 Å². The van der Waals surface area contributed by atoms with Gasteiger partial charge in [-0.15, -0.1) is 11.8 Å². The molecular weight excluding hydrogens is 240 g/mol. The molecule has 0 fully saturated rings. The smallest absolute Gasteiger partial charge is 0.303 e. The molecule has 4 nitrogen and oxygen atoms in total. The van der Waals surface area contributed by atoms with E-state index in [1.165, 1.54) is 0 Å². The molecule has 0 aliphatic heterocycles. The Balaban J connectivity index is 3.05. The van der Waals surface area contributed by atoms with Crippen molar-refractivity contribution in [3.8, 4) is 11.5 Å². The Hall–Kier alpha value is -1.36. The number of rotatable bonds is 6. The highest BCUT2D eigenvalue weighted by atomic mass is 32.2. The predicted molar refractivity (Wildman–Crippen MR) is 67.3 cm³/mol. The molecule has 1 aromatic rings. The Labute approximate surface area is 105 Å². The summed E-state index contributed by atoms with van der Waals surface area (Å²) >= 11 is 1.56. The molecule has 1 aromatic carbocycles. The maximum atomic E-state index is 10.6. The molecule has 17 heavy (non-hydrogen) atoms. The molecule has 0 amide bonds. The molecule has 0 aromatic heterocycles. The van der Waals surface area contributed by atoms with E-state index in [4.69, 9.17) is 14.6 Å². The maximum Gasteiger partial charge on any atom is 0.303 e. The summed E-state index contributed by atoms with van der Waals surface area (Å²) in [4.78, 5) is 11.5. The highest BCUT2D eigenvalue weighted by Crippen LogP contribution is 2.34. The Bertz CT molecular complexity index is 404. The van der Waals surface area contributed by atoms with Gasteiger partial charge in [-0.25, -0.2) is 0 Å². The summed E-state index contributed by atoms with van der Waals surface area (Å²) in [6, 6.07) is 3.72. The first kappa shape index (κ1) is 13.7. The van der Waals surface area contributed by atoms with Crippen molar-refractivity contribution in [2.45, 2.75) is 17.7 Å². The number of hydrogen-bond acceptors (Lipinski definition) is 4. The van der Waals surface area contributed by atoms with Gasteiger partial charge in [-0.2, -0.15) is 0 Å². The molecule has 0 radical (unpaired) electrons. The van der Waals surface area contributed by atoms with Crippen LogP contribution in [0.25, 0.3) is 0 Å². The molecule has 5 heteroatoms. The molecule has 1 rings (SSSR count). The topological polar surface area (TPSA) is 55.8 Å². The van der Waals surface area contributed by atoms with Gasteiger partial charge < -0.3 is 14.6 Å². The molecule has 0 heterocycles. The summed E-state index contributed by atoms with van der Waals surface area (Å²) in [5.74, 6) is 0.634. The van der Waals surface area contributed by atoms with Crippen LogP contribution < -0.4 is 9.47 Å². The first-order chi connectivity index (χ1) is 8.12. The zero-order valence-corrected chi connectivity index (χ0v) is 11.0. The summed E-state index contributed by atoms with van der Waals surface area (Å²) in [5, 5.41) is 8.69. The lowest BCUT2D eigenvalue weighted by Gasteiger charge is -2.13. The van der Waals surface area contributed by atoms with E-state index in [1.807, 2.05) is 18.4 Å². The summed E-state index contributed by atoms with van der Waals surface area (Å²) in [6.45, 7) is 0. The summed E-state index contributed by atoms with van der Waals surface area (Å²) < 4.78 is 10.5. The van der Waals surface area contributed by atoms with E-state index < -0.39 is 5.97 Å². The zero-order chi connectivity index (χ0) is 12.8. The number of carbonyl (C=O) groups is 1. The fourth-order valence-electron chi connectivity index (χ4n) is 1.53. The number of methoxy groups -OCH3 is 2. The average Bonchev–Trinajstić information content (AvgIpc) is 2.34. The number of benzene rings is 1. The fourth-order valence-corrected chi connectivity index (χ4v) is 2.10. The van der Waals surface area contributed by atoms with Crippen LogP contribution in [0.1, 0.15) is 12.0 Å². The number of thioether (sulfide) groups is 1. The summed E-state index contributed by atoms with van der Waals surface area (Å²) in [7, 11) is 3.18. The van der Waals surface area contributed by atoms with Crippen molar-refractivity contribution in [1.82, 2.24) is 0 Å². The van der Waals surface area contributed by atoms with Gasteiger partial charge in [-0.3, -0.25) is 4.79 Å². The zero-order valence-electron chi connectivity index (χ0n) is 10.1. The van der Waals surface area contributed by atoms with Crippen LogP contribution in [0.15, 0.2) is 17.0 Å². The minimum absolute atomic E-state index is 0.0815. The average molecular weight is 256 g/mol. The van der Waals surface area contributed by atoms with Gasteiger partial charge >= 0.3 is 5.97 Å². The van der Waals surface area contributed by atoms with Gasteiger partial charge in [-0.05, 0) is 30.4 Å². The van der Waals surface area contributed by atoms with Gasteiger partial charge in [0.2, 0.25) is 0 Å². The second kappa shape index (κ2) is 6.39. The molecule has 0 spiro atoms. The van der Waals surface area contributed by atoms with Crippen molar-refractivity contribution in [2.24, 2.45) is 0 Å². The highest BCUT2D eigenvalue weighted by Gasteiger charge is 2.11. The largest absolute Gasteiger partial charge is 0.496 e. The lowest BCUT2D eigenvalue weighted by Crippen LogP contribution is -2.00. The van der Waals surface area contributed by atoms with Crippen molar-refractivity contribution < 1.29 is 19.4 Å².